The summed E-state index contributed by atoms with van der Waals surface area (Å²) < 4.78 is 4.63. The highest BCUT2D eigenvalue weighted by Crippen LogP contribution is 2.04. The van der Waals surface area contributed by atoms with Crippen LogP contribution in [0.15, 0.2) is 30.3 Å². The molecule has 4 nitrogen and oxygen atoms in total. The van der Waals surface area contributed by atoms with E-state index in [9.17, 15) is 4.79 Å². The number of carbonyl (C=O) groups excluding carboxylic acids is 1. The van der Waals surface area contributed by atoms with Gasteiger partial charge in [0.25, 0.3) is 0 Å². The fraction of sp³-hybridized carbons (Fsp3) is 0.462. The predicted octanol–water partition coefficient (Wildman–Crippen LogP) is 1.43. The van der Waals surface area contributed by atoms with E-state index in [2.05, 4.69) is 21.8 Å². The van der Waals surface area contributed by atoms with Crippen molar-refractivity contribution in [2.75, 3.05) is 26.7 Å². The lowest BCUT2D eigenvalue weighted by Gasteiger charge is -2.20. The lowest BCUT2D eigenvalue weighted by atomic mass is 10.2. The van der Waals surface area contributed by atoms with Gasteiger partial charge in [-0.2, -0.15) is 0 Å². The summed E-state index contributed by atoms with van der Waals surface area (Å²) in [5, 5.41) is 0. The zero-order chi connectivity index (χ0) is 12.5. The Kier molecular flexibility index (Phi) is 9.28. The average Bonchev–Trinajstić information content (AvgIpc) is 2.37. The highest BCUT2D eigenvalue weighted by Gasteiger charge is 2.08. The van der Waals surface area contributed by atoms with E-state index in [1.165, 1.54) is 12.7 Å². The normalized spacial score (nSPS) is 9.94. The molecule has 0 amide bonds. The van der Waals surface area contributed by atoms with Gasteiger partial charge in [-0.05, 0) is 5.56 Å². The second-order valence-electron chi connectivity index (χ2n) is 3.88. The quantitative estimate of drug-likeness (QED) is 0.763. The Balaban J connectivity index is 0.00000289. The fourth-order valence-corrected chi connectivity index (χ4v) is 1.65. The third-order valence-corrected chi connectivity index (χ3v) is 2.55. The molecule has 1 aromatic carbocycles. The van der Waals surface area contributed by atoms with Crippen LogP contribution in [0, 0.1) is 0 Å². The molecule has 0 aliphatic heterocycles. The van der Waals surface area contributed by atoms with Gasteiger partial charge >= 0.3 is 5.97 Å². The Morgan fingerprint density at radius 3 is 2.50 bits per heavy atom. The molecule has 0 bridgehead atoms. The number of benzene rings is 1. The molecule has 0 saturated carbocycles. The second kappa shape index (κ2) is 9.88. The molecule has 0 aromatic heterocycles. The monoisotopic (exact) mass is 272 g/mol. The smallest absolute Gasteiger partial charge is 0.306 e. The lowest BCUT2D eigenvalue weighted by Crippen LogP contribution is -2.31. The van der Waals surface area contributed by atoms with Crippen molar-refractivity contribution >= 4 is 18.4 Å². The van der Waals surface area contributed by atoms with Gasteiger partial charge in [0.15, 0.2) is 0 Å². The van der Waals surface area contributed by atoms with Gasteiger partial charge in [0.05, 0.1) is 13.5 Å². The van der Waals surface area contributed by atoms with Crippen LogP contribution in [0.25, 0.3) is 0 Å². The number of esters is 1. The molecule has 1 aromatic rings. The van der Waals surface area contributed by atoms with Crippen molar-refractivity contribution in [3.05, 3.63) is 35.9 Å². The van der Waals surface area contributed by atoms with Gasteiger partial charge in [-0.25, -0.2) is 0 Å². The number of rotatable bonds is 7. The van der Waals surface area contributed by atoms with Crippen LogP contribution in [-0.4, -0.2) is 37.6 Å². The number of nitrogens with zero attached hydrogens (tertiary/aromatic N) is 1. The van der Waals surface area contributed by atoms with Crippen LogP contribution in [0.2, 0.25) is 0 Å². The molecule has 1 rings (SSSR count). The zero-order valence-corrected chi connectivity index (χ0v) is 11.5. The number of hydrogen-bond donors (Lipinski definition) is 1. The maximum Gasteiger partial charge on any atom is 0.306 e. The summed E-state index contributed by atoms with van der Waals surface area (Å²) in [5.74, 6) is -0.180. The number of carbonyl (C=O) groups is 1. The first kappa shape index (κ1) is 16.9. The number of hydrogen-bond acceptors (Lipinski definition) is 4. The molecule has 0 unspecified atom stereocenters. The molecule has 0 radical (unpaired) electrons. The van der Waals surface area contributed by atoms with Crippen LogP contribution in [0.4, 0.5) is 0 Å². The minimum atomic E-state index is -0.180. The number of ether oxygens (including phenoxy) is 1. The van der Waals surface area contributed by atoms with Crippen molar-refractivity contribution in [3.63, 3.8) is 0 Å². The summed E-state index contributed by atoms with van der Waals surface area (Å²) in [6.07, 6.45) is 0.406. The van der Waals surface area contributed by atoms with Crippen molar-refractivity contribution < 1.29 is 9.53 Å². The van der Waals surface area contributed by atoms with Gasteiger partial charge < -0.3 is 10.5 Å². The highest BCUT2D eigenvalue weighted by atomic mass is 35.5. The molecule has 5 heteroatoms. The van der Waals surface area contributed by atoms with E-state index in [1.54, 1.807) is 0 Å². The maximum absolute atomic E-state index is 11.1. The van der Waals surface area contributed by atoms with Gasteiger partial charge in [-0.1, -0.05) is 30.3 Å². The molecule has 2 N–H and O–H groups in total. The average molecular weight is 273 g/mol. The first-order valence-corrected chi connectivity index (χ1v) is 5.79. The van der Waals surface area contributed by atoms with E-state index >= 15 is 0 Å². The number of halogens is 1. The van der Waals surface area contributed by atoms with Gasteiger partial charge in [0, 0.05) is 26.2 Å². The van der Waals surface area contributed by atoms with Crippen molar-refractivity contribution in [1.29, 1.82) is 0 Å². The standard InChI is InChI=1S/C13H20N2O2.ClH/c1-17-13(16)7-9-15(10-8-14)11-12-5-3-2-4-6-12;/h2-6H,7-11,14H2,1H3;1H. The predicted molar refractivity (Wildman–Crippen MR) is 74.7 cm³/mol. The Morgan fingerprint density at radius 1 is 1.28 bits per heavy atom. The first-order valence-electron chi connectivity index (χ1n) is 5.79. The van der Waals surface area contributed by atoms with E-state index < -0.39 is 0 Å². The molecular weight excluding hydrogens is 252 g/mol. The maximum atomic E-state index is 11.1. The SMILES string of the molecule is COC(=O)CCN(CCN)Cc1ccccc1.Cl. The molecule has 0 spiro atoms. The van der Waals surface area contributed by atoms with Crippen molar-refractivity contribution in [1.82, 2.24) is 4.90 Å². The summed E-state index contributed by atoms with van der Waals surface area (Å²) in [6.45, 7) is 2.87. The first-order chi connectivity index (χ1) is 8.26. The summed E-state index contributed by atoms with van der Waals surface area (Å²) in [7, 11) is 1.41. The van der Waals surface area contributed by atoms with Gasteiger partial charge in [-0.3, -0.25) is 9.69 Å². The van der Waals surface area contributed by atoms with Crippen molar-refractivity contribution in [2.24, 2.45) is 5.73 Å². The van der Waals surface area contributed by atoms with Crippen molar-refractivity contribution in [3.8, 4) is 0 Å². The molecule has 0 aliphatic carbocycles. The fourth-order valence-electron chi connectivity index (χ4n) is 1.65. The summed E-state index contributed by atoms with van der Waals surface area (Å²) in [5.41, 5.74) is 6.79. The van der Waals surface area contributed by atoms with Crippen LogP contribution >= 0.6 is 12.4 Å². The third kappa shape index (κ3) is 6.59. The Hall–Kier alpha value is -1.10. The zero-order valence-electron chi connectivity index (χ0n) is 10.7. The minimum Gasteiger partial charge on any atom is -0.469 e. The van der Waals surface area contributed by atoms with Crippen LogP contribution in [0.5, 0.6) is 0 Å². The topological polar surface area (TPSA) is 55.6 Å². The Bertz CT molecular complexity index is 333. The second-order valence-corrected chi connectivity index (χ2v) is 3.88. The highest BCUT2D eigenvalue weighted by molar-refractivity contribution is 5.85. The largest absolute Gasteiger partial charge is 0.469 e. The molecule has 0 heterocycles. The molecule has 0 saturated heterocycles. The van der Waals surface area contributed by atoms with Crippen LogP contribution < -0.4 is 5.73 Å². The summed E-state index contributed by atoms with van der Waals surface area (Å²) in [4.78, 5) is 13.3. The molecule has 0 atom stereocenters. The van der Waals surface area contributed by atoms with Gasteiger partial charge in [0.1, 0.15) is 0 Å². The van der Waals surface area contributed by atoms with E-state index in [0.717, 1.165) is 13.1 Å². The molecule has 102 valence electrons. The molecule has 18 heavy (non-hydrogen) atoms. The molecule has 0 aliphatic rings. The summed E-state index contributed by atoms with van der Waals surface area (Å²) in [6, 6.07) is 10.2. The van der Waals surface area contributed by atoms with E-state index in [-0.39, 0.29) is 18.4 Å². The number of methoxy groups -OCH3 is 1. The van der Waals surface area contributed by atoms with Gasteiger partial charge in [0.2, 0.25) is 0 Å². The van der Waals surface area contributed by atoms with Crippen LogP contribution in [0.3, 0.4) is 0 Å². The third-order valence-electron chi connectivity index (χ3n) is 2.55. The summed E-state index contributed by atoms with van der Waals surface area (Å²) >= 11 is 0. The van der Waals surface area contributed by atoms with Crippen LogP contribution in [0.1, 0.15) is 12.0 Å². The lowest BCUT2D eigenvalue weighted by molar-refractivity contribution is -0.141. The number of nitrogens with two attached hydrogens (primary N) is 1. The Morgan fingerprint density at radius 2 is 1.94 bits per heavy atom. The minimum absolute atomic E-state index is 0. The van der Waals surface area contributed by atoms with Crippen LogP contribution in [-0.2, 0) is 16.1 Å². The van der Waals surface area contributed by atoms with Gasteiger partial charge in [-0.15, -0.1) is 12.4 Å². The van der Waals surface area contributed by atoms with E-state index in [4.69, 9.17) is 5.73 Å². The Labute approximate surface area is 115 Å². The molecule has 0 fully saturated rings. The van der Waals surface area contributed by atoms with E-state index in [1.807, 2.05) is 18.2 Å². The molecular formula is C13H21ClN2O2. The van der Waals surface area contributed by atoms with Crippen molar-refractivity contribution in [2.45, 2.75) is 13.0 Å². The van der Waals surface area contributed by atoms with E-state index in [0.29, 0.717) is 19.5 Å².